The lowest BCUT2D eigenvalue weighted by atomic mass is 10.3. The van der Waals surface area contributed by atoms with E-state index in [-0.39, 0.29) is 0 Å². The van der Waals surface area contributed by atoms with Crippen LogP contribution in [-0.4, -0.2) is 5.84 Å². The van der Waals surface area contributed by atoms with E-state index in [0.717, 1.165) is 5.69 Å². The molecule has 0 aliphatic heterocycles. The highest BCUT2D eigenvalue weighted by molar-refractivity contribution is 7.85. The lowest BCUT2D eigenvalue weighted by molar-refractivity contribution is 1.47. The van der Waals surface area contributed by atoms with Crippen LogP contribution in [0.5, 0.6) is 0 Å². The molecule has 0 aliphatic rings. The van der Waals surface area contributed by atoms with Gasteiger partial charge in [-0.05, 0) is 12.1 Å². The minimum Gasteiger partial charge on any atom is -0.404 e. The van der Waals surface area contributed by atoms with Crippen LogP contribution in [0.1, 0.15) is 0 Å². The summed E-state index contributed by atoms with van der Waals surface area (Å²) in [5.74, 6) is 0.317. The molecule has 1 rings (SSSR count). The van der Waals surface area contributed by atoms with Gasteiger partial charge < -0.3 is 11.5 Å². The van der Waals surface area contributed by atoms with Crippen molar-refractivity contribution in [3.63, 3.8) is 0 Å². The summed E-state index contributed by atoms with van der Waals surface area (Å²) in [6, 6.07) is 9.39. The Labute approximate surface area is 82.6 Å². The van der Waals surface area contributed by atoms with Gasteiger partial charge in [0.25, 0.3) is 0 Å². The van der Waals surface area contributed by atoms with E-state index >= 15 is 0 Å². The normalized spacial score (nSPS) is 13.0. The van der Waals surface area contributed by atoms with Gasteiger partial charge in [0.15, 0.2) is 0 Å². The van der Waals surface area contributed by atoms with Crippen LogP contribution >= 0.6 is 12.6 Å². The summed E-state index contributed by atoms with van der Waals surface area (Å²) in [5.41, 5.74) is 11.6. The zero-order chi connectivity index (χ0) is 9.68. The lowest BCUT2D eigenvalue weighted by Gasteiger charge is -1.98. The van der Waals surface area contributed by atoms with Gasteiger partial charge in [-0.1, -0.05) is 18.2 Å². The standard InChI is InChI=1S/C9H11N3S/c10-6-8(13)9(11)12-7-4-2-1-3-5-7/h1-6,13H,10H2,(H2,11,12)/b8-6+. The van der Waals surface area contributed by atoms with Crippen LogP contribution in [0.4, 0.5) is 5.69 Å². The Morgan fingerprint density at radius 2 is 1.92 bits per heavy atom. The van der Waals surface area contributed by atoms with Crippen molar-refractivity contribution in [2.75, 3.05) is 0 Å². The molecule has 0 atom stereocenters. The van der Waals surface area contributed by atoms with Gasteiger partial charge in [-0.15, -0.1) is 12.6 Å². The lowest BCUT2D eigenvalue weighted by Crippen LogP contribution is -2.12. The molecule has 0 fully saturated rings. The third-order valence-electron chi connectivity index (χ3n) is 1.43. The quantitative estimate of drug-likeness (QED) is 0.377. The summed E-state index contributed by atoms with van der Waals surface area (Å²) in [6.07, 6.45) is 1.31. The molecule has 0 heterocycles. The Hall–Kier alpha value is -1.42. The first-order valence-electron chi connectivity index (χ1n) is 3.74. The molecule has 0 saturated carbocycles. The molecule has 1 aromatic rings. The van der Waals surface area contributed by atoms with Crippen molar-refractivity contribution in [1.29, 1.82) is 0 Å². The second-order valence-electron chi connectivity index (χ2n) is 2.38. The fourth-order valence-corrected chi connectivity index (χ4v) is 0.834. The second kappa shape index (κ2) is 4.57. The van der Waals surface area contributed by atoms with Crippen molar-refractivity contribution < 1.29 is 0 Å². The molecule has 3 nitrogen and oxygen atoms in total. The molecule has 1 aromatic carbocycles. The van der Waals surface area contributed by atoms with Crippen molar-refractivity contribution in [2.24, 2.45) is 16.5 Å². The first-order chi connectivity index (χ1) is 6.24. The number of aliphatic imine (C=N–C) groups is 1. The fourth-order valence-electron chi connectivity index (χ4n) is 0.784. The van der Waals surface area contributed by atoms with Gasteiger partial charge in [-0.25, -0.2) is 4.99 Å². The number of amidine groups is 1. The van der Waals surface area contributed by atoms with Gasteiger partial charge in [-0.3, -0.25) is 0 Å². The Morgan fingerprint density at radius 3 is 2.46 bits per heavy atom. The average molecular weight is 193 g/mol. The average Bonchev–Trinajstić information content (AvgIpc) is 2.18. The number of para-hydroxylation sites is 1. The molecular weight excluding hydrogens is 182 g/mol. The highest BCUT2D eigenvalue weighted by Crippen LogP contribution is 2.11. The number of nitrogens with zero attached hydrogens (tertiary/aromatic N) is 1. The zero-order valence-electron chi connectivity index (χ0n) is 7.01. The van der Waals surface area contributed by atoms with E-state index in [4.69, 9.17) is 11.5 Å². The molecular formula is C9H11N3S. The van der Waals surface area contributed by atoms with E-state index in [1.807, 2.05) is 30.3 Å². The zero-order valence-corrected chi connectivity index (χ0v) is 7.91. The highest BCUT2D eigenvalue weighted by atomic mass is 32.1. The van der Waals surface area contributed by atoms with Crippen LogP contribution in [0.3, 0.4) is 0 Å². The third kappa shape index (κ3) is 2.83. The molecule has 4 heteroatoms. The first-order valence-corrected chi connectivity index (χ1v) is 4.19. The SMILES string of the molecule is N/C=C(/S)C(N)=Nc1ccccc1. The molecule has 68 valence electrons. The molecule has 0 aromatic heterocycles. The van der Waals surface area contributed by atoms with E-state index in [1.165, 1.54) is 6.20 Å². The smallest absolute Gasteiger partial charge is 0.138 e. The molecule has 4 N–H and O–H groups in total. The molecule has 0 spiro atoms. The van der Waals surface area contributed by atoms with Gasteiger partial charge in [0.05, 0.1) is 10.6 Å². The topological polar surface area (TPSA) is 64.4 Å². The van der Waals surface area contributed by atoms with Crippen molar-refractivity contribution in [3.8, 4) is 0 Å². The molecule has 13 heavy (non-hydrogen) atoms. The summed E-state index contributed by atoms with van der Waals surface area (Å²) < 4.78 is 0. The summed E-state index contributed by atoms with van der Waals surface area (Å²) in [7, 11) is 0. The number of rotatable bonds is 2. The molecule has 0 aliphatic carbocycles. The van der Waals surface area contributed by atoms with E-state index in [9.17, 15) is 0 Å². The molecule has 0 bridgehead atoms. The number of benzene rings is 1. The number of hydrogen-bond donors (Lipinski definition) is 3. The van der Waals surface area contributed by atoms with Gasteiger partial charge in [0.2, 0.25) is 0 Å². The second-order valence-corrected chi connectivity index (χ2v) is 2.87. The van der Waals surface area contributed by atoms with Crippen LogP contribution in [-0.2, 0) is 0 Å². The highest BCUT2D eigenvalue weighted by Gasteiger charge is 1.95. The van der Waals surface area contributed by atoms with Gasteiger partial charge >= 0.3 is 0 Å². The van der Waals surface area contributed by atoms with Crippen LogP contribution < -0.4 is 11.5 Å². The first kappa shape index (κ1) is 9.67. The molecule has 0 saturated heterocycles. The van der Waals surface area contributed by atoms with Crippen LogP contribution in [0.15, 0.2) is 46.4 Å². The maximum Gasteiger partial charge on any atom is 0.138 e. The Kier molecular flexibility index (Phi) is 3.40. The van der Waals surface area contributed by atoms with E-state index in [2.05, 4.69) is 17.6 Å². The number of hydrogen-bond acceptors (Lipinski definition) is 3. The Bertz CT molecular complexity index is 330. The monoisotopic (exact) mass is 193 g/mol. The molecule has 0 radical (unpaired) electrons. The van der Waals surface area contributed by atoms with Gasteiger partial charge in [-0.2, -0.15) is 0 Å². The molecule has 0 unspecified atom stereocenters. The molecule has 0 amide bonds. The summed E-state index contributed by atoms with van der Waals surface area (Å²) >= 11 is 4.04. The van der Waals surface area contributed by atoms with Gasteiger partial charge in [0, 0.05) is 6.20 Å². The number of thiol groups is 1. The van der Waals surface area contributed by atoms with Gasteiger partial charge in [0.1, 0.15) is 5.84 Å². The van der Waals surface area contributed by atoms with E-state index < -0.39 is 0 Å². The Balaban J connectivity index is 2.89. The summed E-state index contributed by atoms with van der Waals surface area (Å²) in [5, 5.41) is 0. The predicted molar refractivity (Wildman–Crippen MR) is 59.0 cm³/mol. The summed E-state index contributed by atoms with van der Waals surface area (Å²) in [4.78, 5) is 4.58. The summed E-state index contributed by atoms with van der Waals surface area (Å²) in [6.45, 7) is 0. The van der Waals surface area contributed by atoms with Crippen LogP contribution in [0.25, 0.3) is 0 Å². The van der Waals surface area contributed by atoms with Crippen molar-refractivity contribution in [2.45, 2.75) is 0 Å². The van der Waals surface area contributed by atoms with E-state index in [1.54, 1.807) is 0 Å². The van der Waals surface area contributed by atoms with Crippen molar-refractivity contribution in [3.05, 3.63) is 41.4 Å². The van der Waals surface area contributed by atoms with E-state index in [0.29, 0.717) is 10.7 Å². The number of nitrogens with two attached hydrogens (primary N) is 2. The van der Waals surface area contributed by atoms with Crippen molar-refractivity contribution >= 4 is 24.2 Å². The predicted octanol–water partition coefficient (Wildman–Crippen LogP) is 1.41. The minimum atomic E-state index is 0.317. The minimum absolute atomic E-state index is 0.317. The maximum absolute atomic E-state index is 5.59. The van der Waals surface area contributed by atoms with Crippen molar-refractivity contribution in [1.82, 2.24) is 0 Å². The van der Waals surface area contributed by atoms with Crippen LogP contribution in [0, 0.1) is 0 Å². The fraction of sp³-hybridized carbons (Fsp3) is 0. The Morgan fingerprint density at radius 1 is 1.31 bits per heavy atom. The van der Waals surface area contributed by atoms with Crippen LogP contribution in [0.2, 0.25) is 0 Å². The third-order valence-corrected chi connectivity index (χ3v) is 1.80. The maximum atomic E-state index is 5.59. The largest absolute Gasteiger partial charge is 0.404 e.